The van der Waals surface area contributed by atoms with Gasteiger partial charge in [0.1, 0.15) is 5.69 Å². The van der Waals surface area contributed by atoms with Crippen LogP contribution in [0.3, 0.4) is 0 Å². The second kappa shape index (κ2) is 5.05. The monoisotopic (exact) mass is 264 g/mol. The standard InChI is InChI=1S/C15H12N4O/c1-11-4-2-3-5-14(11)19-15(13(10-20)17-18-19)12-6-8-16-9-7-12/h2-10H,1H3. The molecule has 0 spiro atoms. The molecule has 2 aromatic heterocycles. The molecule has 0 radical (unpaired) electrons. The number of nitrogens with zero attached hydrogens (tertiary/aromatic N) is 4. The zero-order valence-corrected chi connectivity index (χ0v) is 10.9. The molecular formula is C15H12N4O. The lowest BCUT2D eigenvalue weighted by atomic mass is 10.1. The van der Waals surface area contributed by atoms with Gasteiger partial charge in [-0.1, -0.05) is 23.4 Å². The molecule has 20 heavy (non-hydrogen) atoms. The average Bonchev–Trinajstić information content (AvgIpc) is 2.92. The van der Waals surface area contributed by atoms with Crippen molar-refractivity contribution in [2.24, 2.45) is 0 Å². The number of para-hydroxylation sites is 1. The summed E-state index contributed by atoms with van der Waals surface area (Å²) in [5, 5.41) is 8.06. The van der Waals surface area contributed by atoms with Crippen LogP contribution in [0.1, 0.15) is 16.1 Å². The Kier molecular flexibility index (Phi) is 3.09. The maximum atomic E-state index is 11.2. The number of aryl methyl sites for hydroxylation is 1. The molecule has 0 bridgehead atoms. The van der Waals surface area contributed by atoms with Crippen LogP contribution in [0.4, 0.5) is 0 Å². The first-order valence-electron chi connectivity index (χ1n) is 6.18. The second-order valence-electron chi connectivity index (χ2n) is 4.38. The van der Waals surface area contributed by atoms with Crippen molar-refractivity contribution in [2.75, 3.05) is 0 Å². The highest BCUT2D eigenvalue weighted by Gasteiger charge is 2.16. The van der Waals surface area contributed by atoms with Gasteiger partial charge in [-0.3, -0.25) is 9.78 Å². The molecule has 0 aliphatic heterocycles. The van der Waals surface area contributed by atoms with Crippen LogP contribution in [0.15, 0.2) is 48.8 Å². The van der Waals surface area contributed by atoms with E-state index in [0.29, 0.717) is 11.4 Å². The summed E-state index contributed by atoms with van der Waals surface area (Å²) in [7, 11) is 0. The van der Waals surface area contributed by atoms with Gasteiger partial charge in [-0.25, -0.2) is 4.68 Å². The molecule has 3 aromatic rings. The lowest BCUT2D eigenvalue weighted by Gasteiger charge is -2.09. The second-order valence-corrected chi connectivity index (χ2v) is 4.38. The van der Waals surface area contributed by atoms with Crippen molar-refractivity contribution >= 4 is 6.29 Å². The van der Waals surface area contributed by atoms with Gasteiger partial charge in [0.05, 0.1) is 5.69 Å². The van der Waals surface area contributed by atoms with E-state index in [0.717, 1.165) is 23.1 Å². The molecule has 1 aromatic carbocycles. The van der Waals surface area contributed by atoms with Crippen molar-refractivity contribution in [2.45, 2.75) is 6.92 Å². The maximum absolute atomic E-state index is 11.2. The van der Waals surface area contributed by atoms with Crippen molar-refractivity contribution in [3.05, 3.63) is 60.0 Å². The number of aldehydes is 1. The zero-order valence-electron chi connectivity index (χ0n) is 10.9. The van der Waals surface area contributed by atoms with E-state index in [1.165, 1.54) is 0 Å². The van der Waals surface area contributed by atoms with Crippen LogP contribution in [0.25, 0.3) is 16.9 Å². The van der Waals surface area contributed by atoms with E-state index in [1.807, 2.05) is 43.3 Å². The minimum absolute atomic E-state index is 0.319. The Balaban J connectivity index is 2.26. The summed E-state index contributed by atoms with van der Waals surface area (Å²) < 4.78 is 1.69. The summed E-state index contributed by atoms with van der Waals surface area (Å²) in [6, 6.07) is 11.5. The molecule has 5 heteroatoms. The van der Waals surface area contributed by atoms with Crippen molar-refractivity contribution in [1.29, 1.82) is 0 Å². The Hall–Kier alpha value is -2.82. The molecule has 3 rings (SSSR count). The van der Waals surface area contributed by atoms with Crippen LogP contribution in [0.2, 0.25) is 0 Å². The van der Waals surface area contributed by atoms with E-state index in [1.54, 1.807) is 17.1 Å². The molecular weight excluding hydrogens is 252 g/mol. The summed E-state index contributed by atoms with van der Waals surface area (Å²) in [6.07, 6.45) is 4.08. The maximum Gasteiger partial charge on any atom is 0.172 e. The summed E-state index contributed by atoms with van der Waals surface area (Å²) in [5.41, 5.74) is 3.82. The summed E-state index contributed by atoms with van der Waals surface area (Å²) in [6.45, 7) is 1.99. The number of carbonyl (C=O) groups is 1. The predicted molar refractivity (Wildman–Crippen MR) is 74.7 cm³/mol. The van der Waals surface area contributed by atoms with Crippen molar-refractivity contribution in [3.63, 3.8) is 0 Å². The number of hydrogen-bond donors (Lipinski definition) is 0. The smallest absolute Gasteiger partial charge is 0.172 e. The molecule has 0 unspecified atom stereocenters. The third-order valence-electron chi connectivity index (χ3n) is 3.11. The Morgan fingerprint density at radius 1 is 1.10 bits per heavy atom. The third kappa shape index (κ3) is 1.99. The van der Waals surface area contributed by atoms with Crippen LogP contribution in [0, 0.1) is 6.92 Å². The van der Waals surface area contributed by atoms with Gasteiger partial charge < -0.3 is 0 Å². The predicted octanol–water partition coefficient (Wildman–Crippen LogP) is 2.45. The summed E-state index contributed by atoms with van der Waals surface area (Å²) in [4.78, 5) is 15.2. The Bertz CT molecular complexity index is 750. The normalized spacial score (nSPS) is 10.4. The first kappa shape index (κ1) is 12.2. The number of pyridine rings is 1. The lowest BCUT2D eigenvalue weighted by Crippen LogP contribution is -2.02. The number of hydrogen-bond acceptors (Lipinski definition) is 4. The number of carbonyl (C=O) groups excluding carboxylic acids is 1. The van der Waals surface area contributed by atoms with Gasteiger partial charge in [0.25, 0.3) is 0 Å². The molecule has 0 atom stereocenters. The Labute approximate surface area is 115 Å². The molecule has 5 nitrogen and oxygen atoms in total. The van der Waals surface area contributed by atoms with Gasteiger partial charge in [-0.15, -0.1) is 5.10 Å². The molecule has 0 aliphatic rings. The van der Waals surface area contributed by atoms with Crippen LogP contribution in [-0.4, -0.2) is 26.3 Å². The Morgan fingerprint density at radius 3 is 2.55 bits per heavy atom. The van der Waals surface area contributed by atoms with E-state index in [9.17, 15) is 4.79 Å². The average molecular weight is 264 g/mol. The highest BCUT2D eigenvalue weighted by atomic mass is 16.1. The summed E-state index contributed by atoms with van der Waals surface area (Å²) in [5.74, 6) is 0. The van der Waals surface area contributed by atoms with Crippen LogP contribution >= 0.6 is 0 Å². The first-order chi connectivity index (χ1) is 9.81. The van der Waals surface area contributed by atoms with Gasteiger partial charge in [0, 0.05) is 18.0 Å². The largest absolute Gasteiger partial charge is 0.296 e. The molecule has 0 saturated heterocycles. The molecule has 0 amide bonds. The fourth-order valence-electron chi connectivity index (χ4n) is 2.12. The SMILES string of the molecule is Cc1ccccc1-n1nnc(C=O)c1-c1ccncc1. The topological polar surface area (TPSA) is 60.7 Å². The fraction of sp³-hybridized carbons (Fsp3) is 0.0667. The van der Waals surface area contributed by atoms with E-state index in [4.69, 9.17) is 0 Å². The number of rotatable bonds is 3. The van der Waals surface area contributed by atoms with Gasteiger partial charge >= 0.3 is 0 Å². The molecule has 98 valence electrons. The fourth-order valence-corrected chi connectivity index (χ4v) is 2.12. The summed E-state index contributed by atoms with van der Waals surface area (Å²) >= 11 is 0. The molecule has 0 N–H and O–H groups in total. The van der Waals surface area contributed by atoms with Gasteiger partial charge in [0.2, 0.25) is 0 Å². The van der Waals surface area contributed by atoms with Crippen molar-refractivity contribution in [3.8, 4) is 16.9 Å². The molecule has 0 fully saturated rings. The highest BCUT2D eigenvalue weighted by molar-refractivity contribution is 5.83. The highest BCUT2D eigenvalue weighted by Crippen LogP contribution is 2.25. The first-order valence-corrected chi connectivity index (χ1v) is 6.18. The number of aromatic nitrogens is 4. The van der Waals surface area contributed by atoms with Gasteiger partial charge in [0.15, 0.2) is 12.0 Å². The van der Waals surface area contributed by atoms with E-state index in [2.05, 4.69) is 15.3 Å². The van der Waals surface area contributed by atoms with E-state index >= 15 is 0 Å². The number of benzene rings is 1. The van der Waals surface area contributed by atoms with Crippen molar-refractivity contribution in [1.82, 2.24) is 20.0 Å². The van der Waals surface area contributed by atoms with E-state index < -0.39 is 0 Å². The third-order valence-corrected chi connectivity index (χ3v) is 3.11. The Morgan fingerprint density at radius 2 is 1.85 bits per heavy atom. The quantitative estimate of drug-likeness (QED) is 0.682. The minimum atomic E-state index is 0.319. The van der Waals surface area contributed by atoms with Gasteiger partial charge in [-0.05, 0) is 30.7 Å². The van der Waals surface area contributed by atoms with Crippen LogP contribution in [-0.2, 0) is 0 Å². The van der Waals surface area contributed by atoms with Crippen LogP contribution < -0.4 is 0 Å². The lowest BCUT2D eigenvalue weighted by molar-refractivity contribution is 0.111. The molecule has 2 heterocycles. The van der Waals surface area contributed by atoms with Crippen LogP contribution in [0.5, 0.6) is 0 Å². The van der Waals surface area contributed by atoms with Gasteiger partial charge in [-0.2, -0.15) is 0 Å². The van der Waals surface area contributed by atoms with E-state index in [-0.39, 0.29) is 0 Å². The van der Waals surface area contributed by atoms with Crippen molar-refractivity contribution < 1.29 is 4.79 Å². The minimum Gasteiger partial charge on any atom is -0.296 e. The molecule has 0 aliphatic carbocycles. The zero-order chi connectivity index (χ0) is 13.9. The molecule has 0 saturated carbocycles.